The fourth-order valence-electron chi connectivity index (χ4n) is 1.59. The average molecular weight is 181 g/mol. The van der Waals surface area contributed by atoms with Crippen LogP contribution in [0.25, 0.3) is 0 Å². The number of carboxylic acid groups (broad SMARTS) is 1. The highest BCUT2D eigenvalue weighted by atomic mass is 16.4. The summed E-state index contributed by atoms with van der Waals surface area (Å²) in [7, 11) is 1.95. The molecule has 1 aliphatic heterocycles. The molecule has 0 fully saturated rings. The summed E-state index contributed by atoms with van der Waals surface area (Å²) in [5, 5.41) is 8.63. The summed E-state index contributed by atoms with van der Waals surface area (Å²) in [4.78, 5) is 16.7. The Morgan fingerprint density at radius 3 is 3.15 bits per heavy atom. The lowest BCUT2D eigenvalue weighted by molar-refractivity contribution is -0.136. The lowest BCUT2D eigenvalue weighted by Crippen LogP contribution is -2.13. The Labute approximate surface area is 75.6 Å². The van der Waals surface area contributed by atoms with E-state index in [0.29, 0.717) is 0 Å². The number of rotatable bonds is 2. The van der Waals surface area contributed by atoms with Gasteiger partial charge in [0.15, 0.2) is 0 Å². The summed E-state index contributed by atoms with van der Waals surface area (Å²) < 4.78 is 1.95. The Morgan fingerprint density at radius 1 is 1.69 bits per heavy atom. The number of aromatic nitrogens is 2. The highest BCUT2D eigenvalue weighted by Crippen LogP contribution is 2.20. The van der Waals surface area contributed by atoms with Gasteiger partial charge in [-0.25, -0.2) is 4.98 Å². The first kappa shape index (κ1) is 8.10. The molecule has 0 amide bonds. The van der Waals surface area contributed by atoms with Gasteiger partial charge < -0.3 is 14.6 Å². The van der Waals surface area contributed by atoms with E-state index in [1.807, 2.05) is 16.5 Å². The first-order valence-corrected chi connectivity index (χ1v) is 4.16. The molecule has 13 heavy (non-hydrogen) atoms. The van der Waals surface area contributed by atoms with Crippen molar-refractivity contribution in [2.45, 2.75) is 13.0 Å². The molecule has 2 rings (SSSR count). The van der Waals surface area contributed by atoms with Crippen molar-refractivity contribution in [3.05, 3.63) is 11.9 Å². The second-order valence-electron chi connectivity index (χ2n) is 3.19. The molecule has 0 aromatic carbocycles. The maximum atomic E-state index is 10.5. The molecule has 2 heterocycles. The van der Waals surface area contributed by atoms with Gasteiger partial charge in [0.05, 0.1) is 18.3 Å². The highest BCUT2D eigenvalue weighted by molar-refractivity contribution is 5.69. The average Bonchev–Trinajstić information content (AvgIpc) is 2.56. The number of anilines is 1. The zero-order chi connectivity index (χ0) is 9.42. The molecule has 0 saturated heterocycles. The van der Waals surface area contributed by atoms with Gasteiger partial charge in [0.25, 0.3) is 0 Å². The van der Waals surface area contributed by atoms with Crippen molar-refractivity contribution < 1.29 is 9.90 Å². The van der Waals surface area contributed by atoms with Crippen LogP contribution in [0.4, 0.5) is 5.95 Å². The van der Waals surface area contributed by atoms with Crippen LogP contribution < -0.4 is 4.90 Å². The molecule has 0 spiro atoms. The number of aliphatic carboxylic acids is 1. The van der Waals surface area contributed by atoms with E-state index in [0.717, 1.165) is 24.7 Å². The van der Waals surface area contributed by atoms with Crippen molar-refractivity contribution in [1.82, 2.24) is 9.55 Å². The number of fused-ring (bicyclic) bond motifs is 1. The number of hydrogen-bond donors (Lipinski definition) is 1. The van der Waals surface area contributed by atoms with E-state index in [1.165, 1.54) is 0 Å². The van der Waals surface area contributed by atoms with Gasteiger partial charge in [0.2, 0.25) is 5.95 Å². The maximum Gasteiger partial charge on any atom is 0.309 e. The summed E-state index contributed by atoms with van der Waals surface area (Å²) in [5.74, 6) is 0.0634. The van der Waals surface area contributed by atoms with Gasteiger partial charge in [0.1, 0.15) is 0 Å². The van der Waals surface area contributed by atoms with Gasteiger partial charge in [-0.1, -0.05) is 0 Å². The topological polar surface area (TPSA) is 58.4 Å². The van der Waals surface area contributed by atoms with Crippen LogP contribution in [-0.4, -0.2) is 34.2 Å². The van der Waals surface area contributed by atoms with Gasteiger partial charge in [-0.05, 0) is 0 Å². The van der Waals surface area contributed by atoms with Crippen LogP contribution in [0.5, 0.6) is 0 Å². The first-order valence-electron chi connectivity index (χ1n) is 4.16. The van der Waals surface area contributed by atoms with Crippen LogP contribution in [-0.2, 0) is 17.8 Å². The molecule has 1 N–H and O–H groups in total. The van der Waals surface area contributed by atoms with Crippen molar-refractivity contribution in [3.8, 4) is 0 Å². The van der Waals surface area contributed by atoms with E-state index in [1.54, 1.807) is 6.20 Å². The minimum absolute atomic E-state index is 0.0564. The van der Waals surface area contributed by atoms with Crippen LogP contribution >= 0.6 is 0 Å². The molecule has 0 saturated carbocycles. The Kier molecular flexibility index (Phi) is 1.72. The second-order valence-corrected chi connectivity index (χ2v) is 3.19. The van der Waals surface area contributed by atoms with Crippen molar-refractivity contribution >= 4 is 11.9 Å². The highest BCUT2D eigenvalue weighted by Gasteiger charge is 2.20. The van der Waals surface area contributed by atoms with E-state index < -0.39 is 5.97 Å². The maximum absolute atomic E-state index is 10.5. The number of carboxylic acids is 1. The van der Waals surface area contributed by atoms with E-state index >= 15 is 0 Å². The van der Waals surface area contributed by atoms with Crippen molar-refractivity contribution in [2.24, 2.45) is 0 Å². The monoisotopic (exact) mass is 181 g/mol. The Bertz CT molecular complexity index is 345. The summed E-state index contributed by atoms with van der Waals surface area (Å²) in [5.41, 5.74) is 0.784. The Morgan fingerprint density at radius 2 is 2.46 bits per heavy atom. The third-order valence-electron chi connectivity index (χ3n) is 2.25. The Balaban J connectivity index is 2.30. The lowest BCUT2D eigenvalue weighted by atomic mass is 10.3. The normalized spacial score (nSPS) is 14.7. The number of carbonyl (C=O) groups is 1. The summed E-state index contributed by atoms with van der Waals surface area (Å²) in [6, 6.07) is 0. The van der Waals surface area contributed by atoms with Crippen LogP contribution in [0.1, 0.15) is 5.69 Å². The van der Waals surface area contributed by atoms with Crippen molar-refractivity contribution in [2.75, 3.05) is 18.5 Å². The van der Waals surface area contributed by atoms with Crippen molar-refractivity contribution in [1.29, 1.82) is 0 Å². The standard InChI is InChI=1S/C8H11N3O2/c1-10-2-3-11-6(4-7(12)13)5-9-8(10)11/h5H,2-4H2,1H3,(H,12,13). The van der Waals surface area contributed by atoms with Crippen LogP contribution in [0.3, 0.4) is 0 Å². The van der Waals surface area contributed by atoms with Gasteiger partial charge in [-0.3, -0.25) is 4.79 Å². The molecule has 0 radical (unpaired) electrons. The molecule has 70 valence electrons. The molecule has 0 aliphatic carbocycles. The predicted octanol–water partition coefficient (Wildman–Crippen LogP) is -0.0400. The number of imidazole rings is 1. The van der Waals surface area contributed by atoms with E-state index in [9.17, 15) is 4.79 Å². The largest absolute Gasteiger partial charge is 0.481 e. The Hall–Kier alpha value is -1.52. The van der Waals surface area contributed by atoms with Gasteiger partial charge in [-0.2, -0.15) is 0 Å². The summed E-state index contributed by atoms with van der Waals surface area (Å²) in [6.07, 6.45) is 1.69. The fraction of sp³-hybridized carbons (Fsp3) is 0.500. The smallest absolute Gasteiger partial charge is 0.309 e. The molecule has 1 aromatic rings. The first-order chi connectivity index (χ1) is 6.18. The van der Waals surface area contributed by atoms with Crippen LogP contribution in [0.2, 0.25) is 0 Å². The van der Waals surface area contributed by atoms with Gasteiger partial charge in [0, 0.05) is 20.1 Å². The number of hydrogen-bond acceptors (Lipinski definition) is 3. The van der Waals surface area contributed by atoms with Gasteiger partial charge in [-0.15, -0.1) is 0 Å². The van der Waals surface area contributed by atoms with E-state index in [4.69, 9.17) is 5.11 Å². The molecule has 1 aliphatic rings. The minimum atomic E-state index is -0.808. The minimum Gasteiger partial charge on any atom is -0.481 e. The summed E-state index contributed by atoms with van der Waals surface area (Å²) in [6.45, 7) is 1.75. The quantitative estimate of drug-likeness (QED) is 0.695. The third kappa shape index (κ3) is 1.26. The van der Waals surface area contributed by atoms with Crippen LogP contribution in [0, 0.1) is 0 Å². The van der Waals surface area contributed by atoms with Crippen molar-refractivity contribution in [3.63, 3.8) is 0 Å². The second kappa shape index (κ2) is 2.76. The fourth-order valence-corrected chi connectivity index (χ4v) is 1.59. The molecule has 0 bridgehead atoms. The number of likely N-dealkylation sites (N-methyl/N-ethyl adjacent to an activating group) is 1. The van der Waals surface area contributed by atoms with Gasteiger partial charge >= 0.3 is 5.97 Å². The molecular formula is C8H11N3O2. The third-order valence-corrected chi connectivity index (χ3v) is 2.25. The van der Waals surface area contributed by atoms with E-state index in [2.05, 4.69) is 4.98 Å². The van der Waals surface area contributed by atoms with E-state index in [-0.39, 0.29) is 6.42 Å². The SMILES string of the molecule is CN1CCn2c(CC(=O)O)cnc21. The zero-order valence-corrected chi connectivity index (χ0v) is 7.40. The zero-order valence-electron chi connectivity index (χ0n) is 7.40. The molecule has 5 heteroatoms. The predicted molar refractivity (Wildman–Crippen MR) is 46.8 cm³/mol. The molecule has 5 nitrogen and oxygen atoms in total. The molecule has 1 aromatic heterocycles. The molecule has 0 unspecified atom stereocenters. The molecular weight excluding hydrogens is 170 g/mol. The van der Waals surface area contributed by atoms with Crippen LogP contribution in [0.15, 0.2) is 6.20 Å². The molecule has 0 atom stereocenters. The lowest BCUT2D eigenvalue weighted by Gasteiger charge is -2.05. The number of nitrogens with zero attached hydrogens (tertiary/aromatic N) is 3. The summed E-state index contributed by atoms with van der Waals surface area (Å²) >= 11 is 0.